The molecule has 3 fully saturated rings. The van der Waals surface area contributed by atoms with Crippen molar-refractivity contribution >= 4 is 41.6 Å². The summed E-state index contributed by atoms with van der Waals surface area (Å²) >= 11 is 0. The molecule has 12 heteroatoms. The Labute approximate surface area is 290 Å². The van der Waals surface area contributed by atoms with Gasteiger partial charge in [0.25, 0.3) is 5.91 Å². The summed E-state index contributed by atoms with van der Waals surface area (Å²) in [6, 6.07) is 11.8. The van der Waals surface area contributed by atoms with Gasteiger partial charge in [-0.15, -0.1) is 0 Å². The molecule has 2 aliphatic carbocycles. The molecule has 0 radical (unpaired) electrons. The minimum atomic E-state index is -1.77. The van der Waals surface area contributed by atoms with Crippen LogP contribution >= 0.6 is 0 Å². The number of carbonyl (C=O) groups is 4. The Morgan fingerprint density at radius 1 is 0.816 bits per heavy atom. The van der Waals surface area contributed by atoms with Crippen molar-refractivity contribution in [3.63, 3.8) is 0 Å². The second-order valence-corrected chi connectivity index (χ2v) is 14.3. The molecule has 0 bridgehead atoms. The number of fused-ring (bicyclic) bond motifs is 1. The van der Waals surface area contributed by atoms with E-state index >= 15 is 0 Å². The van der Waals surface area contributed by atoms with Crippen LogP contribution < -0.4 is 21.3 Å². The van der Waals surface area contributed by atoms with E-state index in [0.29, 0.717) is 63.1 Å². The molecule has 2 aromatic rings. The molecular weight excluding hydrogens is 621 g/mol. The molecule has 2 saturated carbocycles. The summed E-state index contributed by atoms with van der Waals surface area (Å²) in [5.74, 6) is -1.60. The van der Waals surface area contributed by atoms with Gasteiger partial charge in [0.2, 0.25) is 11.8 Å². The molecule has 1 aliphatic heterocycles. The normalized spacial score (nSPS) is 20.0. The van der Waals surface area contributed by atoms with Crippen LogP contribution in [0.15, 0.2) is 42.5 Å². The predicted octanol–water partition coefficient (Wildman–Crippen LogP) is 4.20. The number of unbranched alkanes of at least 4 members (excludes halogenated alkanes) is 1. The van der Waals surface area contributed by atoms with Gasteiger partial charge in [0, 0.05) is 24.7 Å². The maximum atomic E-state index is 14.2. The van der Waals surface area contributed by atoms with Crippen molar-refractivity contribution in [2.24, 2.45) is 5.92 Å². The molecule has 1 heterocycles. The third-order valence-electron chi connectivity index (χ3n) is 10.6. The number of nitrogens with one attached hydrogen (secondary N) is 4. The molecule has 3 atom stereocenters. The Morgan fingerprint density at radius 2 is 1.53 bits per heavy atom. The maximum Gasteiger partial charge on any atom is 0.475 e. The predicted molar refractivity (Wildman–Crippen MR) is 191 cm³/mol. The first-order valence-corrected chi connectivity index (χ1v) is 18.6. The molecule has 5 amide bonds. The largest absolute Gasteiger partial charge is 0.475 e. The Morgan fingerprint density at radius 3 is 2.27 bits per heavy atom. The number of hydrogen-bond donors (Lipinski definition) is 6. The fraction of sp³-hybridized carbons (Fsp3) is 0.622. The summed E-state index contributed by atoms with van der Waals surface area (Å²) in [5, 5.41) is 33.8. The van der Waals surface area contributed by atoms with E-state index < -0.39 is 31.1 Å². The lowest BCUT2D eigenvalue weighted by molar-refractivity contribution is -0.140. The van der Waals surface area contributed by atoms with Gasteiger partial charge in [-0.2, -0.15) is 0 Å². The van der Waals surface area contributed by atoms with E-state index in [4.69, 9.17) is 0 Å². The van der Waals surface area contributed by atoms with Gasteiger partial charge >= 0.3 is 13.1 Å². The van der Waals surface area contributed by atoms with Gasteiger partial charge in [-0.1, -0.05) is 88.1 Å². The lowest BCUT2D eigenvalue weighted by Gasteiger charge is -2.32. The Hall–Kier alpha value is -3.64. The highest BCUT2D eigenvalue weighted by Gasteiger charge is 2.40. The maximum absolute atomic E-state index is 14.2. The van der Waals surface area contributed by atoms with Crippen molar-refractivity contribution in [3.05, 3.63) is 48.0 Å². The number of hydrogen-bond acceptors (Lipinski definition) is 6. The number of rotatable bonds is 14. The summed E-state index contributed by atoms with van der Waals surface area (Å²) in [5.41, 5.74) is 0.482. The Balaban J connectivity index is 1.16. The van der Waals surface area contributed by atoms with Crippen molar-refractivity contribution in [2.75, 3.05) is 13.1 Å². The first-order valence-electron chi connectivity index (χ1n) is 18.6. The van der Waals surface area contributed by atoms with E-state index in [-0.39, 0.29) is 23.9 Å². The molecule has 1 saturated heterocycles. The summed E-state index contributed by atoms with van der Waals surface area (Å²) in [4.78, 5) is 55.0. The van der Waals surface area contributed by atoms with Crippen LogP contribution in [0.1, 0.15) is 113 Å². The van der Waals surface area contributed by atoms with E-state index in [1.54, 1.807) is 11.0 Å². The minimum Gasteiger partial charge on any atom is -0.426 e. The monoisotopic (exact) mass is 675 g/mol. The average Bonchev–Trinajstić information content (AvgIpc) is 3.61. The average molecular weight is 676 g/mol. The van der Waals surface area contributed by atoms with Crippen molar-refractivity contribution in [2.45, 2.75) is 127 Å². The van der Waals surface area contributed by atoms with Crippen LogP contribution in [-0.2, 0) is 9.59 Å². The fourth-order valence-corrected chi connectivity index (χ4v) is 7.80. The molecule has 266 valence electrons. The Kier molecular flexibility index (Phi) is 13.7. The zero-order valence-electron chi connectivity index (χ0n) is 28.7. The summed E-state index contributed by atoms with van der Waals surface area (Å²) in [7, 11) is -1.77. The van der Waals surface area contributed by atoms with Crippen molar-refractivity contribution in [1.29, 1.82) is 0 Å². The molecule has 5 rings (SSSR count). The summed E-state index contributed by atoms with van der Waals surface area (Å²) in [6.45, 7) is 0.837. The number of benzene rings is 2. The third kappa shape index (κ3) is 10.7. The van der Waals surface area contributed by atoms with Crippen LogP contribution in [0.5, 0.6) is 0 Å². The van der Waals surface area contributed by atoms with Crippen molar-refractivity contribution < 1.29 is 29.2 Å². The molecular formula is C37H54BN5O6. The molecule has 6 N–H and O–H groups in total. The van der Waals surface area contributed by atoms with E-state index in [9.17, 15) is 29.2 Å². The van der Waals surface area contributed by atoms with E-state index in [0.717, 1.165) is 62.1 Å². The van der Waals surface area contributed by atoms with Gasteiger partial charge in [0.05, 0.1) is 5.94 Å². The Bertz CT molecular complexity index is 1410. The SMILES string of the molecule is O=C(NCCCCC(NC(=O)C1CCCN1C(=O)C(CC1CCCCC1)NC(=O)c1ccc2ccccc2c1)B(O)O)NC1CCCCC1. The van der Waals surface area contributed by atoms with Crippen LogP contribution in [0, 0.1) is 5.92 Å². The van der Waals surface area contributed by atoms with E-state index in [1.165, 1.54) is 12.8 Å². The van der Waals surface area contributed by atoms with Crippen LogP contribution in [0.25, 0.3) is 10.8 Å². The number of carbonyl (C=O) groups excluding carboxylic acids is 4. The molecule has 49 heavy (non-hydrogen) atoms. The number of nitrogens with zero attached hydrogens (tertiary/aromatic N) is 1. The quantitative estimate of drug-likeness (QED) is 0.130. The minimum absolute atomic E-state index is 0.180. The van der Waals surface area contributed by atoms with Crippen molar-refractivity contribution in [1.82, 2.24) is 26.2 Å². The van der Waals surface area contributed by atoms with Gasteiger partial charge in [-0.25, -0.2) is 4.79 Å². The second kappa shape index (κ2) is 18.4. The highest BCUT2D eigenvalue weighted by atomic mass is 16.4. The smallest absolute Gasteiger partial charge is 0.426 e. The number of likely N-dealkylation sites (tertiary alicyclic amines) is 1. The van der Waals surface area contributed by atoms with Crippen LogP contribution in [0.3, 0.4) is 0 Å². The highest BCUT2D eigenvalue weighted by molar-refractivity contribution is 6.43. The van der Waals surface area contributed by atoms with E-state index in [1.807, 2.05) is 36.4 Å². The van der Waals surface area contributed by atoms with Gasteiger partial charge in [-0.05, 0) is 73.8 Å². The van der Waals surface area contributed by atoms with Gasteiger partial charge in [-0.3, -0.25) is 14.4 Å². The molecule has 3 aliphatic rings. The van der Waals surface area contributed by atoms with Gasteiger partial charge in [0.15, 0.2) is 0 Å². The summed E-state index contributed by atoms with van der Waals surface area (Å²) < 4.78 is 0. The lowest BCUT2D eigenvalue weighted by Crippen LogP contribution is -2.56. The standard InChI is InChI=1S/C37H54BN5O6/c44-34(29-21-20-27-14-7-8-15-28(27)25-29)41-31(24-26-12-3-1-4-13-26)36(46)43-23-11-18-32(43)35(45)42-33(38(48)49)19-9-10-22-39-37(47)40-30-16-5-2-6-17-30/h7-8,14-15,20-21,25-26,30-33,48-49H,1-6,9-13,16-19,22-24H2,(H,41,44)(H,42,45)(H2,39,40,47). The van der Waals surface area contributed by atoms with E-state index in [2.05, 4.69) is 21.3 Å². The van der Waals surface area contributed by atoms with Crippen LogP contribution in [0.4, 0.5) is 4.79 Å². The molecule has 2 aromatic carbocycles. The third-order valence-corrected chi connectivity index (χ3v) is 10.6. The molecule has 11 nitrogen and oxygen atoms in total. The van der Waals surface area contributed by atoms with Crippen LogP contribution in [-0.4, -0.2) is 83.0 Å². The zero-order valence-corrected chi connectivity index (χ0v) is 28.7. The number of amides is 5. The first-order chi connectivity index (χ1) is 23.8. The van der Waals surface area contributed by atoms with Gasteiger partial charge < -0.3 is 36.2 Å². The summed E-state index contributed by atoms with van der Waals surface area (Å²) in [6.07, 6.45) is 14.0. The molecule has 0 aromatic heterocycles. The van der Waals surface area contributed by atoms with Crippen LogP contribution in [0.2, 0.25) is 0 Å². The second-order valence-electron chi connectivity index (χ2n) is 14.3. The molecule has 3 unspecified atom stereocenters. The lowest BCUT2D eigenvalue weighted by atomic mass is 9.76. The van der Waals surface area contributed by atoms with Gasteiger partial charge in [0.1, 0.15) is 12.1 Å². The topological polar surface area (TPSA) is 160 Å². The highest BCUT2D eigenvalue weighted by Crippen LogP contribution is 2.29. The number of urea groups is 1. The first kappa shape index (κ1) is 36.6. The zero-order chi connectivity index (χ0) is 34.6. The van der Waals surface area contributed by atoms with Crippen molar-refractivity contribution in [3.8, 4) is 0 Å². The fourth-order valence-electron chi connectivity index (χ4n) is 7.80. The molecule has 0 spiro atoms.